The molecule has 0 aliphatic heterocycles. The fraction of sp³-hybridized carbons (Fsp3) is 0.348. The lowest BCUT2D eigenvalue weighted by Gasteiger charge is -2.13. The molecule has 0 saturated heterocycles. The minimum Gasteiger partial charge on any atom is -0.493 e. The van der Waals surface area contributed by atoms with Crippen LogP contribution < -0.4 is 15.6 Å². The van der Waals surface area contributed by atoms with Gasteiger partial charge in [0.1, 0.15) is 11.6 Å². The summed E-state index contributed by atoms with van der Waals surface area (Å²) in [6.07, 6.45) is 3.59. The number of nitrogens with one attached hydrogen (secondary N) is 2. The molecule has 0 fully saturated rings. The van der Waals surface area contributed by atoms with Gasteiger partial charge in [-0.1, -0.05) is 19.6 Å². The molecule has 0 radical (unpaired) electrons. The van der Waals surface area contributed by atoms with Crippen molar-refractivity contribution < 1.29 is 9.53 Å². The van der Waals surface area contributed by atoms with Gasteiger partial charge in [0.05, 0.1) is 12.2 Å². The molecule has 2 rings (SSSR count). The number of rotatable bonds is 10. The van der Waals surface area contributed by atoms with E-state index in [4.69, 9.17) is 4.74 Å². The first kappa shape index (κ1) is 23.5. The third kappa shape index (κ3) is 6.10. The Morgan fingerprint density at radius 1 is 1.37 bits per heavy atom. The number of thioether (sulfide) groups is 1. The van der Waals surface area contributed by atoms with Gasteiger partial charge < -0.3 is 15.0 Å². The van der Waals surface area contributed by atoms with Gasteiger partial charge in [-0.05, 0) is 62.1 Å². The first-order valence-electron chi connectivity index (χ1n) is 9.96. The van der Waals surface area contributed by atoms with Gasteiger partial charge >= 0.3 is 0 Å². The number of amides is 1. The molecule has 30 heavy (non-hydrogen) atoms. The molecule has 1 aromatic carbocycles. The number of aryl methyl sites for hydroxylation is 1. The summed E-state index contributed by atoms with van der Waals surface area (Å²) in [4.78, 5) is 33.4. The highest BCUT2D eigenvalue weighted by Gasteiger charge is 2.15. The number of hydrogen-bond acceptors (Lipinski definition) is 5. The number of carbonyl (C=O) groups is 1. The SMILES string of the molecule is C=CS/C(=C\C)CCNC(=O)c1ccc(OCCC)c(-c2nc(C)c(C)c(=O)[nH]2)c1. The summed E-state index contributed by atoms with van der Waals surface area (Å²) in [6.45, 7) is 12.3. The molecule has 7 heteroatoms. The number of carbonyl (C=O) groups excluding carboxylic acids is 1. The van der Waals surface area contributed by atoms with Crippen LogP contribution in [0, 0.1) is 13.8 Å². The third-order valence-corrected chi connectivity index (χ3v) is 5.48. The van der Waals surface area contributed by atoms with Crippen molar-refractivity contribution in [3.8, 4) is 17.1 Å². The second kappa shape index (κ2) is 11.4. The number of nitrogens with zero attached hydrogens (tertiary/aromatic N) is 1. The van der Waals surface area contributed by atoms with Crippen LogP contribution in [0.2, 0.25) is 0 Å². The van der Waals surface area contributed by atoms with Crippen LogP contribution in [0.15, 0.2) is 46.0 Å². The average Bonchev–Trinajstić information content (AvgIpc) is 2.74. The molecule has 0 aliphatic carbocycles. The quantitative estimate of drug-likeness (QED) is 0.572. The largest absolute Gasteiger partial charge is 0.493 e. The number of aromatic nitrogens is 2. The summed E-state index contributed by atoms with van der Waals surface area (Å²) in [6, 6.07) is 5.18. The standard InChI is InChI=1S/C23H29N3O3S/c1-6-13-29-20-10-9-17(23(28)24-12-11-18(7-2)30-8-3)14-19(20)21-25-16(5)15(4)22(27)26-21/h7-10,14H,3,6,11-13H2,1-2,4-5H3,(H,24,28)(H,25,26,27)/b18-7-. The molecule has 1 heterocycles. The summed E-state index contributed by atoms with van der Waals surface area (Å²) in [7, 11) is 0. The lowest BCUT2D eigenvalue weighted by atomic mass is 10.1. The van der Waals surface area contributed by atoms with Crippen LogP contribution >= 0.6 is 11.8 Å². The molecule has 6 nitrogen and oxygen atoms in total. The van der Waals surface area contributed by atoms with Gasteiger partial charge in [-0.15, -0.1) is 11.8 Å². The minimum absolute atomic E-state index is 0.191. The Hall–Kier alpha value is -2.80. The normalized spacial score (nSPS) is 11.3. The number of H-pyrrole nitrogens is 1. The molecule has 1 aromatic heterocycles. The fourth-order valence-electron chi connectivity index (χ4n) is 2.75. The van der Waals surface area contributed by atoms with Gasteiger partial charge in [0.25, 0.3) is 11.5 Å². The highest BCUT2D eigenvalue weighted by Crippen LogP contribution is 2.29. The van der Waals surface area contributed by atoms with Gasteiger partial charge in [-0.3, -0.25) is 9.59 Å². The van der Waals surface area contributed by atoms with Crippen molar-refractivity contribution in [3.05, 3.63) is 68.3 Å². The van der Waals surface area contributed by atoms with Gasteiger partial charge in [0.2, 0.25) is 0 Å². The van der Waals surface area contributed by atoms with E-state index in [1.165, 1.54) is 0 Å². The topological polar surface area (TPSA) is 84.1 Å². The number of aromatic amines is 1. The van der Waals surface area contributed by atoms with Gasteiger partial charge in [0.15, 0.2) is 0 Å². The predicted molar refractivity (Wildman–Crippen MR) is 124 cm³/mol. The number of allylic oxidation sites excluding steroid dienone is 1. The Balaban J connectivity index is 2.30. The van der Waals surface area contributed by atoms with Crippen molar-refractivity contribution in [2.45, 2.75) is 40.5 Å². The molecule has 160 valence electrons. The van der Waals surface area contributed by atoms with E-state index in [0.29, 0.717) is 47.1 Å². The number of ether oxygens (including phenoxy) is 1. The zero-order valence-corrected chi connectivity index (χ0v) is 18.8. The van der Waals surface area contributed by atoms with Crippen LogP contribution in [0.1, 0.15) is 48.3 Å². The average molecular weight is 428 g/mol. The summed E-state index contributed by atoms with van der Waals surface area (Å²) < 4.78 is 5.83. The first-order valence-corrected chi connectivity index (χ1v) is 10.8. The third-order valence-electron chi connectivity index (χ3n) is 4.57. The molecule has 0 atom stereocenters. The molecule has 0 spiro atoms. The molecule has 0 bridgehead atoms. The Kier molecular flexibility index (Phi) is 8.92. The van der Waals surface area contributed by atoms with E-state index < -0.39 is 0 Å². The lowest BCUT2D eigenvalue weighted by Crippen LogP contribution is -2.24. The first-order chi connectivity index (χ1) is 14.4. The molecule has 0 saturated carbocycles. The van der Waals surface area contributed by atoms with Crippen molar-refractivity contribution in [2.75, 3.05) is 13.2 Å². The maximum atomic E-state index is 12.7. The fourth-order valence-corrected chi connectivity index (χ4v) is 3.32. The zero-order chi connectivity index (χ0) is 22.1. The maximum Gasteiger partial charge on any atom is 0.254 e. The molecule has 2 N–H and O–H groups in total. The zero-order valence-electron chi connectivity index (χ0n) is 18.0. The van der Waals surface area contributed by atoms with E-state index in [9.17, 15) is 9.59 Å². The van der Waals surface area contributed by atoms with E-state index in [1.807, 2.05) is 19.9 Å². The maximum absolute atomic E-state index is 12.7. The van der Waals surface area contributed by atoms with Crippen LogP contribution in [0.3, 0.4) is 0 Å². The summed E-state index contributed by atoms with van der Waals surface area (Å²) in [5.74, 6) is 0.782. The predicted octanol–water partition coefficient (Wildman–Crippen LogP) is 4.74. The van der Waals surface area contributed by atoms with Crippen LogP contribution in [-0.4, -0.2) is 29.0 Å². The Morgan fingerprint density at radius 2 is 2.13 bits per heavy atom. The van der Waals surface area contributed by atoms with E-state index in [-0.39, 0.29) is 11.5 Å². The van der Waals surface area contributed by atoms with Gasteiger partial charge in [-0.2, -0.15) is 0 Å². The van der Waals surface area contributed by atoms with Crippen molar-refractivity contribution in [2.24, 2.45) is 0 Å². The smallest absolute Gasteiger partial charge is 0.254 e. The van der Waals surface area contributed by atoms with Crippen LogP contribution in [-0.2, 0) is 0 Å². The van der Waals surface area contributed by atoms with Crippen LogP contribution in [0.5, 0.6) is 5.75 Å². The van der Waals surface area contributed by atoms with Crippen LogP contribution in [0.25, 0.3) is 11.4 Å². The summed E-state index contributed by atoms with van der Waals surface area (Å²) >= 11 is 1.55. The molecular formula is C23H29N3O3S. The second-order valence-electron chi connectivity index (χ2n) is 6.73. The second-order valence-corrected chi connectivity index (χ2v) is 7.82. The highest BCUT2D eigenvalue weighted by atomic mass is 32.2. The number of hydrogen-bond donors (Lipinski definition) is 2. The summed E-state index contributed by atoms with van der Waals surface area (Å²) in [5.41, 5.74) is 2.08. The van der Waals surface area contributed by atoms with E-state index >= 15 is 0 Å². The van der Waals surface area contributed by atoms with Gasteiger partial charge in [-0.25, -0.2) is 4.98 Å². The van der Waals surface area contributed by atoms with E-state index in [1.54, 1.807) is 49.2 Å². The molecular weight excluding hydrogens is 398 g/mol. The molecule has 2 aromatic rings. The van der Waals surface area contributed by atoms with Crippen molar-refractivity contribution in [1.29, 1.82) is 0 Å². The number of benzene rings is 1. The Bertz CT molecular complexity index is 996. The Labute approximate surface area is 181 Å². The van der Waals surface area contributed by atoms with Crippen molar-refractivity contribution in [3.63, 3.8) is 0 Å². The monoisotopic (exact) mass is 427 g/mol. The van der Waals surface area contributed by atoms with E-state index in [0.717, 1.165) is 17.7 Å². The van der Waals surface area contributed by atoms with Crippen molar-refractivity contribution in [1.82, 2.24) is 15.3 Å². The molecule has 0 unspecified atom stereocenters. The van der Waals surface area contributed by atoms with Crippen LogP contribution in [0.4, 0.5) is 0 Å². The lowest BCUT2D eigenvalue weighted by molar-refractivity contribution is 0.0954. The Morgan fingerprint density at radius 3 is 2.77 bits per heavy atom. The summed E-state index contributed by atoms with van der Waals surface area (Å²) in [5, 5.41) is 4.71. The molecule has 0 aliphatic rings. The van der Waals surface area contributed by atoms with Gasteiger partial charge in [0, 0.05) is 23.4 Å². The highest BCUT2D eigenvalue weighted by molar-refractivity contribution is 8.05. The van der Waals surface area contributed by atoms with Crippen molar-refractivity contribution >= 4 is 17.7 Å². The van der Waals surface area contributed by atoms with E-state index in [2.05, 4.69) is 21.9 Å². The molecule has 1 amide bonds. The minimum atomic E-state index is -0.201.